The summed E-state index contributed by atoms with van der Waals surface area (Å²) in [7, 11) is 0. The molecule has 1 aliphatic rings. The summed E-state index contributed by atoms with van der Waals surface area (Å²) in [6.07, 6.45) is 3.06. The number of hydrogen-bond acceptors (Lipinski definition) is 2. The molecule has 1 N–H and O–H groups in total. The van der Waals surface area contributed by atoms with Crippen molar-refractivity contribution in [2.75, 3.05) is 5.32 Å². The van der Waals surface area contributed by atoms with Crippen molar-refractivity contribution in [3.05, 3.63) is 29.3 Å². The molecular weight excluding hydrogens is 232 g/mol. The van der Waals surface area contributed by atoms with E-state index in [-0.39, 0.29) is 5.41 Å². The molecule has 1 aromatic carbocycles. The average Bonchev–Trinajstić information content (AvgIpc) is 2.55. The smallest absolute Gasteiger partial charge is 0.130 e. The van der Waals surface area contributed by atoms with Crippen LogP contribution >= 0.6 is 11.6 Å². The van der Waals surface area contributed by atoms with E-state index in [0.717, 1.165) is 24.9 Å². The van der Waals surface area contributed by atoms with E-state index in [0.29, 0.717) is 5.02 Å². The van der Waals surface area contributed by atoms with E-state index < -0.39 is 5.54 Å². The molecule has 0 radical (unpaired) electrons. The van der Waals surface area contributed by atoms with Gasteiger partial charge in [0.1, 0.15) is 5.54 Å². The number of anilines is 1. The molecule has 17 heavy (non-hydrogen) atoms. The number of rotatable bonds is 2. The van der Waals surface area contributed by atoms with Gasteiger partial charge < -0.3 is 5.32 Å². The SMILES string of the molecule is CC1(C)CCCC1(C#N)Nc1cccc(Cl)c1. The van der Waals surface area contributed by atoms with E-state index in [1.165, 1.54) is 0 Å². The standard InChI is InChI=1S/C14H17ClN2/c1-13(2)7-4-8-14(13,10-16)17-12-6-3-5-11(15)9-12/h3,5-6,9,17H,4,7-8H2,1-2H3. The lowest BCUT2D eigenvalue weighted by Gasteiger charge is -2.37. The van der Waals surface area contributed by atoms with Crippen LogP contribution in [0.25, 0.3) is 0 Å². The van der Waals surface area contributed by atoms with E-state index in [9.17, 15) is 5.26 Å². The second kappa shape index (κ2) is 4.23. The number of nitrogens with one attached hydrogen (secondary N) is 1. The van der Waals surface area contributed by atoms with Crippen LogP contribution in [0.3, 0.4) is 0 Å². The Kier molecular flexibility index (Phi) is 3.05. The van der Waals surface area contributed by atoms with Gasteiger partial charge >= 0.3 is 0 Å². The number of nitriles is 1. The second-order valence-electron chi connectivity index (χ2n) is 5.39. The van der Waals surface area contributed by atoms with Gasteiger partial charge in [-0.1, -0.05) is 31.5 Å². The maximum absolute atomic E-state index is 9.54. The van der Waals surface area contributed by atoms with Crippen molar-refractivity contribution in [3.8, 4) is 6.07 Å². The molecule has 1 fully saturated rings. The summed E-state index contributed by atoms with van der Waals surface area (Å²) in [5, 5.41) is 13.6. The van der Waals surface area contributed by atoms with Crippen LogP contribution in [0, 0.1) is 16.7 Å². The molecule has 1 saturated carbocycles. The van der Waals surface area contributed by atoms with Crippen LogP contribution in [0.2, 0.25) is 5.02 Å². The minimum absolute atomic E-state index is 0.00985. The van der Waals surface area contributed by atoms with Gasteiger partial charge in [-0.2, -0.15) is 5.26 Å². The van der Waals surface area contributed by atoms with Crippen molar-refractivity contribution in [2.45, 2.75) is 38.6 Å². The largest absolute Gasteiger partial charge is 0.367 e. The Hall–Kier alpha value is -1.20. The van der Waals surface area contributed by atoms with Gasteiger partial charge in [0, 0.05) is 16.1 Å². The van der Waals surface area contributed by atoms with E-state index in [1.807, 2.05) is 24.3 Å². The lowest BCUT2D eigenvalue weighted by Crippen LogP contribution is -2.45. The maximum Gasteiger partial charge on any atom is 0.130 e. The van der Waals surface area contributed by atoms with Crippen LogP contribution in [-0.2, 0) is 0 Å². The molecule has 1 atom stereocenters. The molecule has 0 heterocycles. The first-order chi connectivity index (χ1) is 7.99. The first-order valence-electron chi connectivity index (χ1n) is 5.94. The van der Waals surface area contributed by atoms with Crippen LogP contribution < -0.4 is 5.32 Å². The second-order valence-corrected chi connectivity index (χ2v) is 5.83. The lowest BCUT2D eigenvalue weighted by molar-refractivity contribution is 0.290. The first kappa shape index (κ1) is 12.3. The van der Waals surface area contributed by atoms with Gasteiger partial charge in [0.2, 0.25) is 0 Å². The minimum atomic E-state index is -0.475. The molecule has 2 rings (SSSR count). The molecule has 2 nitrogen and oxygen atoms in total. The Labute approximate surface area is 108 Å². The van der Waals surface area contributed by atoms with E-state index >= 15 is 0 Å². The van der Waals surface area contributed by atoms with Crippen LogP contribution in [0.1, 0.15) is 33.1 Å². The van der Waals surface area contributed by atoms with Gasteiger partial charge in [-0.05, 0) is 37.5 Å². The molecular formula is C14H17ClN2. The summed E-state index contributed by atoms with van der Waals surface area (Å²) in [5.41, 5.74) is 0.441. The van der Waals surface area contributed by atoms with Gasteiger partial charge in [-0.15, -0.1) is 0 Å². The molecule has 0 amide bonds. The highest BCUT2D eigenvalue weighted by Crippen LogP contribution is 2.47. The lowest BCUT2D eigenvalue weighted by atomic mass is 9.75. The first-order valence-corrected chi connectivity index (χ1v) is 6.32. The predicted molar refractivity (Wildman–Crippen MR) is 71.1 cm³/mol. The summed E-state index contributed by atoms with van der Waals surface area (Å²) in [5.74, 6) is 0. The van der Waals surface area contributed by atoms with Gasteiger partial charge in [0.15, 0.2) is 0 Å². The summed E-state index contributed by atoms with van der Waals surface area (Å²) in [4.78, 5) is 0. The third-order valence-corrected chi connectivity index (χ3v) is 4.12. The molecule has 1 aliphatic carbocycles. The molecule has 0 aliphatic heterocycles. The van der Waals surface area contributed by atoms with E-state index in [1.54, 1.807) is 0 Å². The van der Waals surface area contributed by atoms with Crippen molar-refractivity contribution < 1.29 is 0 Å². The fourth-order valence-corrected chi connectivity index (χ4v) is 2.82. The number of benzene rings is 1. The van der Waals surface area contributed by atoms with Gasteiger partial charge in [0.25, 0.3) is 0 Å². The van der Waals surface area contributed by atoms with E-state index in [4.69, 9.17) is 11.6 Å². The highest BCUT2D eigenvalue weighted by atomic mass is 35.5. The van der Waals surface area contributed by atoms with Crippen molar-refractivity contribution in [3.63, 3.8) is 0 Å². The molecule has 3 heteroatoms. The van der Waals surface area contributed by atoms with Crippen molar-refractivity contribution in [2.24, 2.45) is 5.41 Å². The molecule has 90 valence electrons. The van der Waals surface area contributed by atoms with E-state index in [2.05, 4.69) is 25.2 Å². The highest BCUT2D eigenvalue weighted by molar-refractivity contribution is 6.30. The molecule has 0 spiro atoms. The van der Waals surface area contributed by atoms with Crippen LogP contribution in [0.5, 0.6) is 0 Å². The maximum atomic E-state index is 9.54. The van der Waals surface area contributed by atoms with Crippen molar-refractivity contribution in [1.82, 2.24) is 0 Å². The Morgan fingerprint density at radius 3 is 2.65 bits per heavy atom. The van der Waals surface area contributed by atoms with Gasteiger partial charge in [0.05, 0.1) is 6.07 Å². The zero-order valence-corrected chi connectivity index (χ0v) is 11.0. The summed E-state index contributed by atoms with van der Waals surface area (Å²) >= 11 is 5.97. The third-order valence-electron chi connectivity index (χ3n) is 3.88. The normalized spacial score (nSPS) is 26.5. The monoisotopic (exact) mass is 248 g/mol. The molecule has 1 unspecified atom stereocenters. The molecule has 0 saturated heterocycles. The zero-order valence-electron chi connectivity index (χ0n) is 10.3. The quantitative estimate of drug-likeness (QED) is 0.850. The third kappa shape index (κ3) is 2.12. The van der Waals surface area contributed by atoms with Gasteiger partial charge in [-0.3, -0.25) is 0 Å². The Morgan fingerprint density at radius 2 is 2.12 bits per heavy atom. The average molecular weight is 249 g/mol. The topological polar surface area (TPSA) is 35.8 Å². The Morgan fingerprint density at radius 1 is 1.35 bits per heavy atom. The van der Waals surface area contributed by atoms with Crippen molar-refractivity contribution >= 4 is 17.3 Å². The number of hydrogen-bond donors (Lipinski definition) is 1. The van der Waals surface area contributed by atoms with Crippen LogP contribution in [0.15, 0.2) is 24.3 Å². The number of halogens is 1. The van der Waals surface area contributed by atoms with Crippen LogP contribution in [0.4, 0.5) is 5.69 Å². The summed E-state index contributed by atoms with van der Waals surface area (Å²) in [6.45, 7) is 4.31. The van der Waals surface area contributed by atoms with Gasteiger partial charge in [-0.25, -0.2) is 0 Å². The van der Waals surface area contributed by atoms with Crippen molar-refractivity contribution in [1.29, 1.82) is 5.26 Å². The minimum Gasteiger partial charge on any atom is -0.367 e. The Bertz CT molecular complexity index is 462. The highest BCUT2D eigenvalue weighted by Gasteiger charge is 2.49. The fourth-order valence-electron chi connectivity index (χ4n) is 2.63. The fraction of sp³-hybridized carbons (Fsp3) is 0.500. The summed E-state index contributed by atoms with van der Waals surface area (Å²) in [6, 6.07) is 10.0. The molecule has 0 bridgehead atoms. The summed E-state index contributed by atoms with van der Waals surface area (Å²) < 4.78 is 0. The molecule has 1 aromatic rings. The Balaban J connectivity index is 2.30. The number of nitrogens with zero attached hydrogens (tertiary/aromatic N) is 1. The molecule has 0 aromatic heterocycles. The zero-order chi connectivity index (χ0) is 12.5. The van der Waals surface area contributed by atoms with Crippen LogP contribution in [-0.4, -0.2) is 5.54 Å². The predicted octanol–water partition coefficient (Wildman–Crippen LogP) is 4.22.